The van der Waals surface area contributed by atoms with Gasteiger partial charge in [-0.25, -0.2) is 9.37 Å². The smallest absolute Gasteiger partial charge is 0.226 e. The maximum Gasteiger partial charge on any atom is 0.226 e. The van der Waals surface area contributed by atoms with Crippen LogP contribution in [0.25, 0.3) is 11.2 Å². The molecule has 1 aromatic carbocycles. The van der Waals surface area contributed by atoms with Crippen molar-refractivity contribution in [3.05, 3.63) is 53.9 Å². The highest BCUT2D eigenvalue weighted by atomic mass is 19.1. The number of halogens is 1. The Balaban J connectivity index is 1.42. The Bertz CT molecular complexity index is 1000. The van der Waals surface area contributed by atoms with Crippen molar-refractivity contribution in [3.8, 4) is 0 Å². The number of hydrogen-bond acceptors (Lipinski definition) is 7. The number of nitrogen functional groups attached to an aromatic ring is 1. The van der Waals surface area contributed by atoms with Gasteiger partial charge in [-0.1, -0.05) is 18.2 Å². The molecule has 0 fully saturated rings. The molecule has 3 rings (SSSR count). The van der Waals surface area contributed by atoms with Crippen LogP contribution in [0.3, 0.4) is 0 Å². The molecule has 4 N–H and O–H groups in total. The number of rotatable bonds is 10. The second kappa shape index (κ2) is 9.22. The first-order valence-corrected chi connectivity index (χ1v) is 9.45. The predicted octanol–water partition coefficient (Wildman–Crippen LogP) is 2.96. The topological polar surface area (TPSA) is 103 Å². The number of nitrogens with zero attached hydrogens (tertiary/aromatic N) is 4. The first-order valence-electron chi connectivity index (χ1n) is 9.45. The van der Waals surface area contributed by atoms with Gasteiger partial charge in [-0.05, 0) is 31.9 Å². The largest absolute Gasteiger partial charge is 0.480 e. The maximum absolute atomic E-state index is 14.0. The molecule has 0 saturated heterocycles. The van der Waals surface area contributed by atoms with Crippen LogP contribution >= 0.6 is 0 Å². The van der Waals surface area contributed by atoms with Gasteiger partial charge in [-0.15, -0.1) is 0 Å². The third kappa shape index (κ3) is 4.92. The summed E-state index contributed by atoms with van der Waals surface area (Å²) in [5.74, 6) is 1.05. The second-order valence-corrected chi connectivity index (χ2v) is 6.67. The fraction of sp³-hybridized carbons (Fsp3) is 0.350. The van der Waals surface area contributed by atoms with Crippen LogP contribution in [0.1, 0.15) is 24.0 Å². The molecule has 154 valence electrons. The first-order chi connectivity index (χ1) is 14.0. The lowest BCUT2D eigenvalue weighted by atomic mass is 10.1. The Morgan fingerprint density at radius 2 is 2.14 bits per heavy atom. The third-order valence-corrected chi connectivity index (χ3v) is 4.53. The minimum Gasteiger partial charge on any atom is -0.480 e. The summed E-state index contributed by atoms with van der Waals surface area (Å²) in [5, 5.41) is 5.90. The van der Waals surface area contributed by atoms with Crippen LogP contribution in [0.4, 0.5) is 16.2 Å². The fourth-order valence-electron chi connectivity index (χ4n) is 2.91. The van der Waals surface area contributed by atoms with Crippen molar-refractivity contribution in [2.75, 3.05) is 24.7 Å². The fourth-order valence-corrected chi connectivity index (χ4v) is 2.91. The molecule has 3 aromatic rings. The molecule has 0 aliphatic heterocycles. The number of nitrogens with one attached hydrogen (secondary N) is 2. The van der Waals surface area contributed by atoms with Crippen LogP contribution in [0.15, 0.2) is 37.0 Å². The van der Waals surface area contributed by atoms with Gasteiger partial charge in [-0.3, -0.25) is 0 Å². The van der Waals surface area contributed by atoms with E-state index in [1.165, 1.54) is 0 Å². The van der Waals surface area contributed by atoms with Crippen molar-refractivity contribution >= 4 is 22.9 Å². The van der Waals surface area contributed by atoms with Crippen molar-refractivity contribution < 1.29 is 9.13 Å². The molecule has 0 aliphatic carbocycles. The van der Waals surface area contributed by atoms with Gasteiger partial charge in [0.25, 0.3) is 0 Å². The van der Waals surface area contributed by atoms with Crippen molar-refractivity contribution in [2.24, 2.45) is 0 Å². The number of nitrogens with two attached hydrogens (primary N) is 1. The second-order valence-electron chi connectivity index (χ2n) is 6.67. The Morgan fingerprint density at radius 3 is 2.93 bits per heavy atom. The molecule has 0 unspecified atom stereocenters. The summed E-state index contributed by atoms with van der Waals surface area (Å²) < 4.78 is 21.5. The van der Waals surface area contributed by atoms with Crippen molar-refractivity contribution in [1.82, 2.24) is 24.8 Å². The average molecular weight is 399 g/mol. The molecule has 0 saturated carbocycles. The molecule has 29 heavy (non-hydrogen) atoms. The number of imidazole rings is 1. The number of hydrogen-bond donors (Lipinski definition) is 3. The summed E-state index contributed by atoms with van der Waals surface area (Å²) in [4.78, 5) is 12.8. The average Bonchev–Trinajstić information content (AvgIpc) is 3.12. The molecule has 0 bridgehead atoms. The SMILES string of the molecule is C=C(NCc1cccc(C)c1F)OCCCCn1cnc2c(N)nc(NC)nc21. The summed E-state index contributed by atoms with van der Waals surface area (Å²) in [6.45, 7) is 7.15. The Morgan fingerprint density at radius 1 is 1.31 bits per heavy atom. The highest BCUT2D eigenvalue weighted by molar-refractivity contribution is 5.82. The van der Waals surface area contributed by atoms with Gasteiger partial charge in [0.15, 0.2) is 17.3 Å². The zero-order valence-electron chi connectivity index (χ0n) is 16.7. The molecule has 8 nitrogen and oxygen atoms in total. The Labute approximate surface area is 169 Å². The van der Waals surface area contributed by atoms with Gasteiger partial charge < -0.3 is 25.7 Å². The number of anilines is 2. The van der Waals surface area contributed by atoms with Crippen LogP contribution < -0.4 is 16.4 Å². The minimum absolute atomic E-state index is 0.203. The zero-order valence-corrected chi connectivity index (χ0v) is 16.7. The van der Waals surface area contributed by atoms with E-state index in [1.54, 1.807) is 32.4 Å². The van der Waals surface area contributed by atoms with E-state index in [9.17, 15) is 4.39 Å². The molecule has 0 aliphatic rings. The third-order valence-electron chi connectivity index (χ3n) is 4.53. The summed E-state index contributed by atoms with van der Waals surface area (Å²) in [6, 6.07) is 5.32. The molecule has 9 heteroatoms. The first kappa shape index (κ1) is 20.4. The summed E-state index contributed by atoms with van der Waals surface area (Å²) in [6.07, 6.45) is 3.40. The lowest BCUT2D eigenvalue weighted by molar-refractivity contribution is 0.184. The van der Waals surface area contributed by atoms with Crippen LogP contribution in [-0.2, 0) is 17.8 Å². The predicted molar refractivity (Wildman–Crippen MR) is 112 cm³/mol. The van der Waals surface area contributed by atoms with E-state index >= 15 is 0 Å². The molecule has 2 aromatic heterocycles. The van der Waals surface area contributed by atoms with Crippen LogP contribution in [0, 0.1) is 12.7 Å². The van der Waals surface area contributed by atoms with E-state index in [2.05, 4.69) is 32.2 Å². The molecule has 2 heterocycles. The van der Waals surface area contributed by atoms with Crippen LogP contribution in [-0.4, -0.2) is 33.2 Å². The van der Waals surface area contributed by atoms with Gasteiger partial charge in [-0.2, -0.15) is 9.97 Å². The van der Waals surface area contributed by atoms with E-state index in [1.807, 2.05) is 10.6 Å². The van der Waals surface area contributed by atoms with Crippen molar-refractivity contribution in [1.29, 1.82) is 0 Å². The molecule has 0 amide bonds. The summed E-state index contributed by atoms with van der Waals surface area (Å²) in [7, 11) is 1.74. The van der Waals surface area contributed by atoms with E-state index < -0.39 is 0 Å². The lowest BCUT2D eigenvalue weighted by Crippen LogP contribution is -2.16. The van der Waals surface area contributed by atoms with Crippen LogP contribution in [0.5, 0.6) is 0 Å². The Kier molecular flexibility index (Phi) is 6.48. The van der Waals surface area contributed by atoms with Gasteiger partial charge in [0, 0.05) is 25.7 Å². The quantitative estimate of drug-likeness (QED) is 0.356. The standard InChI is InChI=1S/C20H26FN7O/c1-13-7-6-8-15(16(13)21)11-24-14(2)29-10-5-4-9-28-12-25-17-18(22)26-20(23-3)27-19(17)28/h6-8,12,24H,2,4-5,9-11H2,1,3H3,(H3,22,23,26,27). The van der Waals surface area contributed by atoms with E-state index in [0.717, 1.165) is 19.4 Å². The number of benzene rings is 1. The number of aromatic nitrogens is 4. The normalized spacial score (nSPS) is 10.9. The van der Waals surface area contributed by atoms with Gasteiger partial charge >= 0.3 is 0 Å². The number of fused-ring (bicyclic) bond motifs is 1. The molecule has 0 radical (unpaired) electrons. The van der Waals surface area contributed by atoms with Gasteiger partial charge in [0.1, 0.15) is 11.3 Å². The monoisotopic (exact) mass is 399 g/mol. The minimum atomic E-state index is -0.203. The number of ether oxygens (including phenoxy) is 1. The highest BCUT2D eigenvalue weighted by Gasteiger charge is 2.10. The number of unbranched alkanes of at least 4 members (excludes halogenated alkanes) is 1. The molecule has 0 spiro atoms. The zero-order chi connectivity index (χ0) is 20.8. The van der Waals surface area contributed by atoms with E-state index in [0.29, 0.717) is 53.1 Å². The Hall–Kier alpha value is -3.36. The maximum atomic E-state index is 14.0. The summed E-state index contributed by atoms with van der Waals surface area (Å²) in [5.41, 5.74) is 8.43. The molecule has 0 atom stereocenters. The lowest BCUT2D eigenvalue weighted by Gasteiger charge is -2.12. The molecular weight excluding hydrogens is 373 g/mol. The molecular formula is C20H26FN7O. The van der Waals surface area contributed by atoms with E-state index in [-0.39, 0.29) is 5.82 Å². The van der Waals surface area contributed by atoms with Crippen LogP contribution in [0.2, 0.25) is 0 Å². The van der Waals surface area contributed by atoms with E-state index in [4.69, 9.17) is 10.5 Å². The van der Waals surface area contributed by atoms with Crippen molar-refractivity contribution in [2.45, 2.75) is 32.9 Å². The van der Waals surface area contributed by atoms with Gasteiger partial charge in [0.05, 0.1) is 12.9 Å². The highest BCUT2D eigenvalue weighted by Crippen LogP contribution is 2.18. The van der Waals surface area contributed by atoms with Gasteiger partial charge in [0.2, 0.25) is 5.95 Å². The van der Waals surface area contributed by atoms with Crippen molar-refractivity contribution in [3.63, 3.8) is 0 Å². The number of aryl methyl sites for hydroxylation is 2. The summed E-state index contributed by atoms with van der Waals surface area (Å²) >= 11 is 0.